The summed E-state index contributed by atoms with van der Waals surface area (Å²) in [4.78, 5) is 25.1. The minimum atomic E-state index is -0.584. The maximum Gasteiger partial charge on any atom is 0.344 e. The highest BCUT2D eigenvalue weighted by atomic mass is 127. The second kappa shape index (κ2) is 4.59. The van der Waals surface area contributed by atoms with Crippen molar-refractivity contribution in [2.75, 3.05) is 0 Å². The van der Waals surface area contributed by atoms with Gasteiger partial charge in [0.05, 0.1) is 6.10 Å². The lowest BCUT2D eigenvalue weighted by Crippen LogP contribution is -2.21. The number of aromatic amines is 1. The zero-order valence-electron chi connectivity index (χ0n) is 7.83. The van der Waals surface area contributed by atoms with Crippen molar-refractivity contribution < 1.29 is 9.53 Å². The standard InChI is InChI=1S/C9H10INO3/c1-5(2)14-9(13)7-3-6(10)4-11-8(7)12/h3-5H,1-2H3,(H,11,12). The maximum atomic E-state index is 11.4. The molecule has 76 valence electrons. The molecule has 1 rings (SSSR count). The van der Waals surface area contributed by atoms with E-state index in [0.29, 0.717) is 0 Å². The highest BCUT2D eigenvalue weighted by Gasteiger charge is 2.13. The molecule has 0 fully saturated rings. The van der Waals surface area contributed by atoms with Gasteiger partial charge in [0.2, 0.25) is 0 Å². The minimum absolute atomic E-state index is 0.0469. The zero-order valence-corrected chi connectivity index (χ0v) is 9.99. The van der Waals surface area contributed by atoms with Gasteiger partial charge in [-0.2, -0.15) is 0 Å². The molecule has 0 saturated carbocycles. The van der Waals surface area contributed by atoms with Gasteiger partial charge in [-0.1, -0.05) is 0 Å². The third kappa shape index (κ3) is 2.83. The predicted octanol–water partition coefficient (Wildman–Crippen LogP) is 1.54. The Morgan fingerprint density at radius 3 is 2.79 bits per heavy atom. The van der Waals surface area contributed by atoms with E-state index in [4.69, 9.17) is 4.74 Å². The molecule has 0 amide bonds. The van der Waals surface area contributed by atoms with Crippen molar-refractivity contribution in [2.45, 2.75) is 20.0 Å². The highest BCUT2D eigenvalue weighted by Crippen LogP contribution is 2.04. The van der Waals surface area contributed by atoms with E-state index in [-0.39, 0.29) is 11.7 Å². The Morgan fingerprint density at radius 2 is 2.21 bits per heavy atom. The van der Waals surface area contributed by atoms with E-state index in [1.165, 1.54) is 12.3 Å². The van der Waals surface area contributed by atoms with Crippen LogP contribution in [0.15, 0.2) is 17.1 Å². The summed E-state index contributed by atoms with van der Waals surface area (Å²) in [5.41, 5.74) is -0.373. The van der Waals surface area contributed by atoms with Gasteiger partial charge in [0.1, 0.15) is 5.56 Å². The van der Waals surface area contributed by atoms with Crippen LogP contribution in [0.3, 0.4) is 0 Å². The normalized spacial score (nSPS) is 10.3. The van der Waals surface area contributed by atoms with Crippen molar-refractivity contribution in [2.24, 2.45) is 0 Å². The number of nitrogens with one attached hydrogen (secondary N) is 1. The van der Waals surface area contributed by atoms with Crippen molar-refractivity contribution in [1.82, 2.24) is 4.98 Å². The average Bonchev–Trinajstić information content (AvgIpc) is 2.08. The fourth-order valence-corrected chi connectivity index (χ4v) is 1.35. The average molecular weight is 307 g/mol. The van der Waals surface area contributed by atoms with Crippen LogP contribution in [-0.4, -0.2) is 17.1 Å². The highest BCUT2D eigenvalue weighted by molar-refractivity contribution is 14.1. The van der Waals surface area contributed by atoms with E-state index in [9.17, 15) is 9.59 Å². The number of carbonyl (C=O) groups is 1. The van der Waals surface area contributed by atoms with Gasteiger partial charge in [-0.15, -0.1) is 0 Å². The van der Waals surface area contributed by atoms with Gasteiger partial charge in [-0.25, -0.2) is 4.79 Å². The predicted molar refractivity (Wildman–Crippen MR) is 60.3 cm³/mol. The monoisotopic (exact) mass is 307 g/mol. The fraction of sp³-hybridized carbons (Fsp3) is 0.333. The van der Waals surface area contributed by atoms with Crippen LogP contribution < -0.4 is 5.56 Å². The molecule has 5 heteroatoms. The second-order valence-corrected chi connectivity index (χ2v) is 4.26. The maximum absolute atomic E-state index is 11.4. The van der Waals surface area contributed by atoms with Crippen molar-refractivity contribution in [3.05, 3.63) is 31.8 Å². The SMILES string of the molecule is CC(C)OC(=O)c1cc(I)c[nH]c1=O. The van der Waals surface area contributed by atoms with Gasteiger partial charge >= 0.3 is 5.97 Å². The van der Waals surface area contributed by atoms with Gasteiger partial charge in [-0.3, -0.25) is 4.79 Å². The first kappa shape index (κ1) is 11.2. The van der Waals surface area contributed by atoms with Gasteiger partial charge in [0, 0.05) is 9.77 Å². The lowest BCUT2D eigenvalue weighted by molar-refractivity contribution is 0.0375. The van der Waals surface area contributed by atoms with Crippen molar-refractivity contribution in [1.29, 1.82) is 0 Å². The molecule has 1 aromatic rings. The molecule has 0 bridgehead atoms. The third-order valence-corrected chi connectivity index (χ3v) is 2.05. The Kier molecular flexibility index (Phi) is 3.68. The van der Waals surface area contributed by atoms with E-state index >= 15 is 0 Å². The lowest BCUT2D eigenvalue weighted by Gasteiger charge is -2.06. The summed E-state index contributed by atoms with van der Waals surface area (Å²) in [5, 5.41) is 0. The van der Waals surface area contributed by atoms with Crippen LogP contribution in [0.1, 0.15) is 24.2 Å². The number of carbonyl (C=O) groups excluding carboxylic acids is 1. The molecule has 0 aliphatic carbocycles. The number of esters is 1. The summed E-state index contributed by atoms with van der Waals surface area (Å²) in [7, 11) is 0. The number of H-pyrrole nitrogens is 1. The Bertz CT molecular complexity index is 397. The van der Waals surface area contributed by atoms with E-state index in [0.717, 1.165) is 3.57 Å². The molecule has 1 aromatic heterocycles. The number of hydrogen-bond acceptors (Lipinski definition) is 3. The molecule has 0 radical (unpaired) electrons. The van der Waals surface area contributed by atoms with Crippen LogP contribution in [0.5, 0.6) is 0 Å². The van der Waals surface area contributed by atoms with Crippen LogP contribution in [0, 0.1) is 3.57 Å². The first-order valence-electron chi connectivity index (χ1n) is 4.10. The number of pyridine rings is 1. The number of ether oxygens (including phenoxy) is 1. The molecule has 0 aliphatic rings. The summed E-state index contributed by atoms with van der Waals surface area (Å²) < 4.78 is 5.70. The van der Waals surface area contributed by atoms with E-state index in [1.54, 1.807) is 13.8 Å². The Morgan fingerprint density at radius 1 is 1.57 bits per heavy atom. The van der Waals surface area contributed by atoms with Crippen LogP contribution in [-0.2, 0) is 4.74 Å². The summed E-state index contributed by atoms with van der Waals surface area (Å²) >= 11 is 2.01. The largest absolute Gasteiger partial charge is 0.459 e. The zero-order chi connectivity index (χ0) is 10.7. The Hall–Kier alpha value is -0.850. The summed E-state index contributed by atoms with van der Waals surface area (Å²) in [6.45, 7) is 3.47. The minimum Gasteiger partial charge on any atom is -0.459 e. The third-order valence-electron chi connectivity index (χ3n) is 1.43. The quantitative estimate of drug-likeness (QED) is 0.666. The van der Waals surface area contributed by atoms with Crippen LogP contribution in [0.25, 0.3) is 0 Å². The first-order chi connectivity index (χ1) is 6.50. The van der Waals surface area contributed by atoms with Crippen LogP contribution in [0.4, 0.5) is 0 Å². The molecule has 0 aliphatic heterocycles. The molecule has 0 spiro atoms. The van der Waals surface area contributed by atoms with Gasteiger partial charge < -0.3 is 9.72 Å². The second-order valence-electron chi connectivity index (χ2n) is 3.01. The number of aromatic nitrogens is 1. The molecule has 0 saturated heterocycles. The Labute approximate surface area is 94.8 Å². The van der Waals surface area contributed by atoms with Crippen molar-refractivity contribution >= 4 is 28.6 Å². The van der Waals surface area contributed by atoms with Gasteiger partial charge in [0.15, 0.2) is 0 Å². The van der Waals surface area contributed by atoms with Gasteiger partial charge in [0.25, 0.3) is 5.56 Å². The number of halogens is 1. The molecule has 0 aromatic carbocycles. The molecule has 1 heterocycles. The topological polar surface area (TPSA) is 59.2 Å². The first-order valence-corrected chi connectivity index (χ1v) is 5.18. The molecular formula is C9H10INO3. The molecule has 14 heavy (non-hydrogen) atoms. The summed E-state index contributed by atoms with van der Waals surface area (Å²) in [5.74, 6) is -0.584. The smallest absolute Gasteiger partial charge is 0.344 e. The lowest BCUT2D eigenvalue weighted by atomic mass is 10.3. The van der Waals surface area contributed by atoms with Crippen molar-refractivity contribution in [3.8, 4) is 0 Å². The van der Waals surface area contributed by atoms with Crippen molar-refractivity contribution in [3.63, 3.8) is 0 Å². The van der Waals surface area contributed by atoms with E-state index in [1.807, 2.05) is 22.6 Å². The molecular weight excluding hydrogens is 297 g/mol. The Balaban J connectivity index is 3.00. The molecule has 0 atom stereocenters. The number of hydrogen-bond donors (Lipinski definition) is 1. The summed E-state index contributed by atoms with van der Waals surface area (Å²) in [6.07, 6.45) is 1.31. The molecule has 1 N–H and O–H groups in total. The van der Waals surface area contributed by atoms with Crippen LogP contribution >= 0.6 is 22.6 Å². The number of rotatable bonds is 2. The van der Waals surface area contributed by atoms with Gasteiger partial charge in [-0.05, 0) is 42.5 Å². The fourth-order valence-electron chi connectivity index (χ4n) is 0.887. The van der Waals surface area contributed by atoms with E-state index < -0.39 is 11.5 Å². The van der Waals surface area contributed by atoms with E-state index in [2.05, 4.69) is 4.98 Å². The molecule has 4 nitrogen and oxygen atoms in total. The summed E-state index contributed by atoms with van der Waals surface area (Å²) in [6, 6.07) is 1.50. The van der Waals surface area contributed by atoms with Crippen LogP contribution in [0.2, 0.25) is 0 Å². The molecule has 0 unspecified atom stereocenters.